The van der Waals surface area contributed by atoms with Crippen LogP contribution in [0.15, 0.2) is 18.2 Å². The molecule has 0 unspecified atom stereocenters. The summed E-state index contributed by atoms with van der Waals surface area (Å²) in [7, 11) is -3.74. The van der Waals surface area contributed by atoms with Crippen LogP contribution in [0, 0.1) is 11.5 Å². The van der Waals surface area contributed by atoms with Gasteiger partial charge >= 0.3 is 0 Å². The van der Waals surface area contributed by atoms with Crippen molar-refractivity contribution in [2.75, 3.05) is 10.1 Å². The van der Waals surface area contributed by atoms with Crippen molar-refractivity contribution in [3.8, 4) is 0 Å². The summed E-state index contributed by atoms with van der Waals surface area (Å²) in [5.74, 6) is -0.698. The topological polar surface area (TPSA) is 54.5 Å². The predicted octanol–water partition coefficient (Wildman–Crippen LogP) is 2.87. The molecule has 0 fully saturated rings. The van der Waals surface area contributed by atoms with Crippen LogP contribution in [0.2, 0.25) is 5.02 Å². The molecular weight excluding hydrogens is 286 g/mol. The van der Waals surface area contributed by atoms with E-state index in [9.17, 15) is 13.2 Å². The molecule has 0 aliphatic rings. The molecular formula is C13H17ClNO3S. The Balaban J connectivity index is 3.47. The quantitative estimate of drug-likeness (QED) is 0.862. The lowest BCUT2D eigenvalue weighted by Gasteiger charge is -2.29. The summed E-state index contributed by atoms with van der Waals surface area (Å²) in [6.45, 7) is 6.47. The molecule has 0 aliphatic carbocycles. The monoisotopic (exact) mass is 302 g/mol. The Morgan fingerprint density at radius 1 is 1.42 bits per heavy atom. The maximum absolute atomic E-state index is 12.4. The number of hydrogen-bond acceptors (Lipinski definition) is 3. The van der Waals surface area contributed by atoms with E-state index < -0.39 is 21.3 Å². The molecule has 0 saturated carbocycles. The number of anilines is 1. The van der Waals surface area contributed by atoms with Crippen molar-refractivity contribution in [2.45, 2.75) is 27.7 Å². The highest BCUT2D eigenvalue weighted by Gasteiger charge is 2.36. The van der Waals surface area contributed by atoms with E-state index in [1.807, 2.05) is 0 Å². The zero-order valence-electron chi connectivity index (χ0n) is 11.4. The highest BCUT2D eigenvalue weighted by atomic mass is 35.5. The van der Waals surface area contributed by atoms with Gasteiger partial charge in [0, 0.05) is 5.41 Å². The van der Waals surface area contributed by atoms with Crippen molar-refractivity contribution in [1.82, 2.24) is 0 Å². The van der Waals surface area contributed by atoms with Crippen molar-refractivity contribution in [1.29, 1.82) is 0 Å². The van der Waals surface area contributed by atoms with Crippen molar-refractivity contribution in [3.05, 3.63) is 29.3 Å². The molecule has 1 aromatic carbocycles. The fraction of sp³-hybridized carbons (Fsp3) is 0.462. The summed E-state index contributed by atoms with van der Waals surface area (Å²) in [5.41, 5.74) is -0.688. The number of amides is 1. The van der Waals surface area contributed by atoms with Gasteiger partial charge in [-0.3, -0.25) is 4.79 Å². The van der Waals surface area contributed by atoms with E-state index in [2.05, 4.69) is 6.07 Å². The molecule has 0 bridgehead atoms. The van der Waals surface area contributed by atoms with E-state index >= 15 is 0 Å². The van der Waals surface area contributed by atoms with Gasteiger partial charge in [0.1, 0.15) is 0 Å². The maximum atomic E-state index is 12.4. The van der Waals surface area contributed by atoms with Crippen LogP contribution in [0.25, 0.3) is 0 Å². The van der Waals surface area contributed by atoms with E-state index in [0.29, 0.717) is 0 Å². The molecule has 19 heavy (non-hydrogen) atoms. The van der Waals surface area contributed by atoms with Crippen LogP contribution in [0.3, 0.4) is 0 Å². The van der Waals surface area contributed by atoms with Gasteiger partial charge in [-0.15, -0.1) is 0 Å². The van der Waals surface area contributed by atoms with Crippen molar-refractivity contribution in [3.63, 3.8) is 0 Å². The largest absolute Gasteiger partial charge is 0.273 e. The van der Waals surface area contributed by atoms with Crippen LogP contribution in [-0.4, -0.2) is 20.1 Å². The van der Waals surface area contributed by atoms with Crippen LogP contribution in [0.5, 0.6) is 0 Å². The van der Waals surface area contributed by atoms with Gasteiger partial charge < -0.3 is 0 Å². The Hall–Kier alpha value is -1.07. The molecule has 0 aromatic heterocycles. The summed E-state index contributed by atoms with van der Waals surface area (Å²) in [6, 6.07) is 7.21. The molecule has 105 valence electrons. The lowest BCUT2D eigenvalue weighted by Crippen LogP contribution is -2.44. The van der Waals surface area contributed by atoms with E-state index in [1.54, 1.807) is 26.8 Å². The van der Waals surface area contributed by atoms with Crippen LogP contribution in [0.4, 0.5) is 5.69 Å². The number of nitrogens with zero attached hydrogens (tertiary/aromatic N) is 1. The molecule has 6 heteroatoms. The van der Waals surface area contributed by atoms with Crippen LogP contribution in [-0.2, 0) is 14.8 Å². The zero-order valence-corrected chi connectivity index (χ0v) is 13.0. The Labute approximate surface area is 119 Å². The normalized spacial score (nSPS) is 12.3. The summed E-state index contributed by atoms with van der Waals surface area (Å²) >= 11 is 6.00. The van der Waals surface area contributed by atoms with Gasteiger partial charge in [0.2, 0.25) is 15.9 Å². The number of hydrogen-bond donors (Lipinski definition) is 0. The number of rotatable bonds is 3. The molecule has 0 saturated heterocycles. The molecule has 0 spiro atoms. The first-order chi connectivity index (χ1) is 8.61. The Morgan fingerprint density at radius 2 is 2.00 bits per heavy atom. The van der Waals surface area contributed by atoms with Gasteiger partial charge in [-0.05, 0) is 25.1 Å². The molecule has 1 rings (SSSR count). The fourth-order valence-electron chi connectivity index (χ4n) is 1.38. The number of carbonyl (C=O) groups is 1. The molecule has 0 heterocycles. The lowest BCUT2D eigenvalue weighted by molar-refractivity contribution is -0.124. The number of sulfonamides is 1. The maximum Gasteiger partial charge on any atom is 0.246 e. The lowest BCUT2D eigenvalue weighted by atomic mass is 9.95. The predicted molar refractivity (Wildman–Crippen MR) is 76.7 cm³/mol. The van der Waals surface area contributed by atoms with Gasteiger partial charge in [0.05, 0.1) is 16.5 Å². The van der Waals surface area contributed by atoms with Crippen LogP contribution < -0.4 is 4.31 Å². The Kier molecular flexibility index (Phi) is 4.63. The second-order valence-electron chi connectivity index (χ2n) is 5.10. The summed E-state index contributed by atoms with van der Waals surface area (Å²) in [6.07, 6.45) is 0. The van der Waals surface area contributed by atoms with Gasteiger partial charge in [0.25, 0.3) is 0 Å². The van der Waals surface area contributed by atoms with Crippen LogP contribution >= 0.6 is 11.6 Å². The highest BCUT2D eigenvalue weighted by molar-refractivity contribution is 7.93. The minimum atomic E-state index is -3.74. The van der Waals surface area contributed by atoms with Crippen molar-refractivity contribution >= 4 is 33.2 Å². The van der Waals surface area contributed by atoms with Gasteiger partial charge in [0.15, 0.2) is 0 Å². The molecule has 1 aromatic rings. The Morgan fingerprint density at radius 3 is 2.42 bits per heavy atom. The first-order valence-corrected chi connectivity index (χ1v) is 7.83. The molecule has 0 aliphatic heterocycles. The molecule has 1 radical (unpaired) electrons. The highest BCUT2D eigenvalue weighted by Crippen LogP contribution is 2.31. The molecule has 0 N–H and O–H groups in total. The standard InChI is InChI=1S/C13H17ClNO3S/c1-5-19(17,18)15(12(16)13(2,3)4)11-9-7-6-8-10(11)14/h6,8-9H,5H2,1-4H3. The van der Waals surface area contributed by atoms with E-state index in [1.165, 1.54) is 19.1 Å². The fourth-order valence-corrected chi connectivity index (χ4v) is 2.87. The third-order valence-corrected chi connectivity index (χ3v) is 4.45. The second kappa shape index (κ2) is 5.51. The first kappa shape index (κ1) is 16.0. The van der Waals surface area contributed by atoms with E-state index in [4.69, 9.17) is 11.6 Å². The third-order valence-electron chi connectivity index (χ3n) is 2.48. The van der Waals surface area contributed by atoms with E-state index in [-0.39, 0.29) is 16.5 Å². The molecule has 1 amide bonds. The average Bonchev–Trinajstić information content (AvgIpc) is 2.30. The first-order valence-electron chi connectivity index (χ1n) is 5.84. The minimum absolute atomic E-state index is 0.144. The van der Waals surface area contributed by atoms with Gasteiger partial charge in [-0.2, -0.15) is 0 Å². The van der Waals surface area contributed by atoms with Gasteiger partial charge in [-0.1, -0.05) is 38.4 Å². The summed E-state index contributed by atoms with van der Waals surface area (Å²) < 4.78 is 25.1. The smallest absolute Gasteiger partial charge is 0.246 e. The number of carbonyl (C=O) groups excluding carboxylic acids is 1. The third kappa shape index (κ3) is 3.48. The average molecular weight is 303 g/mol. The molecule has 4 nitrogen and oxygen atoms in total. The SMILES string of the molecule is CCS(=O)(=O)N(C(=O)C(C)(C)C)c1c[c]ccc1Cl. The van der Waals surface area contributed by atoms with Crippen molar-refractivity contribution in [2.24, 2.45) is 5.41 Å². The van der Waals surface area contributed by atoms with E-state index in [0.717, 1.165) is 4.31 Å². The zero-order chi connectivity index (χ0) is 14.8. The Bertz CT molecular complexity index is 576. The number of halogens is 1. The van der Waals surface area contributed by atoms with Crippen molar-refractivity contribution < 1.29 is 13.2 Å². The van der Waals surface area contributed by atoms with Crippen LogP contribution in [0.1, 0.15) is 27.7 Å². The second-order valence-corrected chi connectivity index (χ2v) is 7.61. The summed E-state index contributed by atoms with van der Waals surface area (Å²) in [5, 5.41) is 0.202. The minimum Gasteiger partial charge on any atom is -0.273 e. The summed E-state index contributed by atoms with van der Waals surface area (Å²) in [4.78, 5) is 12.4. The number of benzene rings is 1. The van der Waals surface area contributed by atoms with Gasteiger partial charge in [-0.25, -0.2) is 12.7 Å². The molecule has 0 atom stereocenters.